The van der Waals surface area contributed by atoms with Crippen molar-refractivity contribution in [3.05, 3.63) is 35.1 Å². The van der Waals surface area contributed by atoms with E-state index in [0.717, 1.165) is 25.1 Å². The summed E-state index contributed by atoms with van der Waals surface area (Å²) in [5.41, 5.74) is 7.19. The zero-order chi connectivity index (χ0) is 15.7. The Kier molecular flexibility index (Phi) is 3.84. The number of hydrogen-bond acceptors (Lipinski definition) is 5. The number of hydrogen-bond donors (Lipinski definition) is 3. The molecule has 1 aliphatic rings. The van der Waals surface area contributed by atoms with Crippen LogP contribution in [-0.4, -0.2) is 22.7 Å². The lowest BCUT2D eigenvalue weighted by Gasteiger charge is -2.26. The van der Waals surface area contributed by atoms with Gasteiger partial charge >= 0.3 is 6.09 Å². The van der Waals surface area contributed by atoms with Crippen molar-refractivity contribution in [1.29, 1.82) is 0 Å². The Morgan fingerprint density at radius 3 is 3.00 bits per heavy atom. The molecular formula is C14H15FN4O2S. The Morgan fingerprint density at radius 2 is 2.36 bits per heavy atom. The molecule has 0 bridgehead atoms. The molecule has 1 aromatic heterocycles. The predicted molar refractivity (Wildman–Crippen MR) is 83.9 cm³/mol. The average molecular weight is 322 g/mol. The molecule has 0 aliphatic carbocycles. The fourth-order valence-corrected chi connectivity index (χ4v) is 3.37. The first kappa shape index (κ1) is 14.6. The summed E-state index contributed by atoms with van der Waals surface area (Å²) < 4.78 is 14.3. The quantitative estimate of drug-likeness (QED) is 0.806. The van der Waals surface area contributed by atoms with Crippen LogP contribution in [0.2, 0.25) is 0 Å². The topological polar surface area (TPSA) is 91.5 Å². The van der Waals surface area contributed by atoms with E-state index in [1.807, 2.05) is 10.3 Å². The summed E-state index contributed by atoms with van der Waals surface area (Å²) in [6, 6.07) is 4.33. The molecule has 2 heterocycles. The van der Waals surface area contributed by atoms with Gasteiger partial charge in [-0.15, -0.1) is 11.3 Å². The second kappa shape index (κ2) is 5.80. The van der Waals surface area contributed by atoms with Crippen LogP contribution >= 0.6 is 11.3 Å². The molecular weight excluding hydrogens is 307 g/mol. The van der Waals surface area contributed by atoms with E-state index in [1.165, 1.54) is 17.4 Å². The van der Waals surface area contributed by atoms with Crippen molar-refractivity contribution in [3.8, 4) is 0 Å². The van der Waals surface area contributed by atoms with Crippen LogP contribution < -0.4 is 16.0 Å². The van der Waals surface area contributed by atoms with Gasteiger partial charge in [0.2, 0.25) is 0 Å². The molecule has 0 spiro atoms. The van der Waals surface area contributed by atoms with E-state index < -0.39 is 11.9 Å². The highest BCUT2D eigenvalue weighted by Gasteiger charge is 2.29. The van der Waals surface area contributed by atoms with Crippen molar-refractivity contribution in [2.45, 2.75) is 18.9 Å². The number of carbonyl (C=O) groups is 1. The standard InChI is InChI=1S/C14H15FN4O2S/c15-9-6-8(17-14(20)21)3-4-11(9)19-5-1-2-12(19)10-7-22-13(16)18-10/h3-4,6-7,12,17H,1-2,5H2,(H2,16,18)(H,20,21). The average Bonchev–Trinajstić information content (AvgIpc) is 3.06. The number of aromatic nitrogens is 1. The molecule has 1 aliphatic heterocycles. The monoisotopic (exact) mass is 322 g/mol. The van der Waals surface area contributed by atoms with Gasteiger partial charge < -0.3 is 15.7 Å². The number of nitrogens with two attached hydrogens (primary N) is 1. The van der Waals surface area contributed by atoms with E-state index >= 15 is 0 Å². The van der Waals surface area contributed by atoms with Gasteiger partial charge in [0, 0.05) is 17.6 Å². The van der Waals surface area contributed by atoms with E-state index in [4.69, 9.17) is 10.8 Å². The maximum Gasteiger partial charge on any atom is 0.409 e. The van der Waals surface area contributed by atoms with Crippen molar-refractivity contribution >= 4 is 33.9 Å². The van der Waals surface area contributed by atoms with Gasteiger partial charge in [-0.25, -0.2) is 14.2 Å². The summed E-state index contributed by atoms with van der Waals surface area (Å²) in [7, 11) is 0. The van der Waals surface area contributed by atoms with Gasteiger partial charge in [-0.2, -0.15) is 0 Å². The third-order valence-electron chi connectivity index (χ3n) is 3.64. The molecule has 116 valence electrons. The van der Waals surface area contributed by atoms with Crippen LogP contribution in [0.1, 0.15) is 24.6 Å². The predicted octanol–water partition coefficient (Wildman–Crippen LogP) is 3.30. The normalized spacial score (nSPS) is 17.7. The highest BCUT2D eigenvalue weighted by Crippen LogP contribution is 2.38. The zero-order valence-corrected chi connectivity index (χ0v) is 12.4. The molecule has 22 heavy (non-hydrogen) atoms. The Labute approximate surface area is 130 Å². The van der Waals surface area contributed by atoms with Gasteiger partial charge in [-0.1, -0.05) is 0 Å². The molecule has 1 saturated heterocycles. The number of nitrogens with zero attached hydrogens (tertiary/aromatic N) is 2. The highest BCUT2D eigenvalue weighted by atomic mass is 32.1. The number of anilines is 3. The molecule has 2 aromatic rings. The van der Waals surface area contributed by atoms with Gasteiger partial charge in [-0.05, 0) is 31.0 Å². The molecule has 1 unspecified atom stereocenters. The molecule has 8 heteroatoms. The van der Waals surface area contributed by atoms with Gasteiger partial charge in [0.25, 0.3) is 0 Å². The van der Waals surface area contributed by atoms with Crippen molar-refractivity contribution in [2.75, 3.05) is 22.5 Å². The first-order valence-corrected chi connectivity index (χ1v) is 7.69. The van der Waals surface area contributed by atoms with E-state index in [9.17, 15) is 9.18 Å². The molecule has 3 rings (SSSR count). The van der Waals surface area contributed by atoms with Gasteiger partial charge in [0.1, 0.15) is 5.82 Å². The minimum Gasteiger partial charge on any atom is -0.465 e. The molecule has 1 fully saturated rings. The lowest BCUT2D eigenvalue weighted by molar-refractivity contribution is 0.209. The van der Waals surface area contributed by atoms with E-state index in [0.29, 0.717) is 10.8 Å². The Bertz CT molecular complexity index is 706. The number of nitrogens with one attached hydrogen (secondary N) is 1. The lowest BCUT2D eigenvalue weighted by atomic mass is 10.1. The van der Waals surface area contributed by atoms with Crippen molar-refractivity contribution in [2.24, 2.45) is 0 Å². The van der Waals surface area contributed by atoms with Crippen LogP contribution in [0.5, 0.6) is 0 Å². The smallest absolute Gasteiger partial charge is 0.409 e. The second-order valence-electron chi connectivity index (χ2n) is 5.06. The first-order chi connectivity index (χ1) is 10.5. The van der Waals surface area contributed by atoms with E-state index in [1.54, 1.807) is 12.1 Å². The summed E-state index contributed by atoms with van der Waals surface area (Å²) in [6.07, 6.45) is 0.609. The number of nitrogen functional groups attached to an aromatic ring is 1. The number of halogens is 1. The molecule has 6 nitrogen and oxygen atoms in total. The van der Waals surface area contributed by atoms with Crippen molar-refractivity contribution in [1.82, 2.24) is 4.98 Å². The molecule has 1 aromatic carbocycles. The Morgan fingerprint density at radius 1 is 1.55 bits per heavy atom. The van der Waals surface area contributed by atoms with Crippen LogP contribution in [0.4, 0.5) is 25.7 Å². The maximum absolute atomic E-state index is 14.3. The molecule has 0 radical (unpaired) electrons. The Balaban J connectivity index is 1.87. The molecule has 1 atom stereocenters. The van der Waals surface area contributed by atoms with Crippen LogP contribution in [-0.2, 0) is 0 Å². The molecule has 0 saturated carbocycles. The number of carboxylic acid groups (broad SMARTS) is 1. The lowest BCUT2D eigenvalue weighted by Crippen LogP contribution is -2.24. The maximum atomic E-state index is 14.3. The van der Waals surface area contributed by atoms with Crippen LogP contribution in [0, 0.1) is 5.82 Å². The largest absolute Gasteiger partial charge is 0.465 e. The third kappa shape index (κ3) is 2.82. The summed E-state index contributed by atoms with van der Waals surface area (Å²) in [5.74, 6) is -0.457. The van der Waals surface area contributed by atoms with Crippen LogP contribution in [0.3, 0.4) is 0 Å². The van der Waals surface area contributed by atoms with Gasteiger partial charge in [0.05, 0.1) is 17.4 Å². The highest BCUT2D eigenvalue weighted by molar-refractivity contribution is 7.13. The summed E-state index contributed by atoms with van der Waals surface area (Å²) >= 11 is 1.37. The minimum atomic E-state index is -1.22. The van der Waals surface area contributed by atoms with E-state index in [-0.39, 0.29) is 11.7 Å². The number of amides is 1. The van der Waals surface area contributed by atoms with Crippen LogP contribution in [0.25, 0.3) is 0 Å². The zero-order valence-electron chi connectivity index (χ0n) is 11.6. The minimum absolute atomic E-state index is 0.00123. The summed E-state index contributed by atoms with van der Waals surface area (Å²) in [4.78, 5) is 16.8. The van der Waals surface area contributed by atoms with Crippen molar-refractivity contribution < 1.29 is 14.3 Å². The molecule has 4 N–H and O–H groups in total. The summed E-state index contributed by atoms with van der Waals surface area (Å²) in [6.45, 7) is 0.727. The first-order valence-electron chi connectivity index (χ1n) is 6.81. The fraction of sp³-hybridized carbons (Fsp3) is 0.286. The van der Waals surface area contributed by atoms with Gasteiger partial charge in [-0.3, -0.25) is 5.32 Å². The number of benzene rings is 1. The second-order valence-corrected chi connectivity index (χ2v) is 5.95. The summed E-state index contributed by atoms with van der Waals surface area (Å²) in [5, 5.41) is 13.2. The molecule has 1 amide bonds. The van der Waals surface area contributed by atoms with Crippen molar-refractivity contribution in [3.63, 3.8) is 0 Å². The fourth-order valence-electron chi connectivity index (χ4n) is 2.76. The Hall–Kier alpha value is -2.35. The van der Waals surface area contributed by atoms with Crippen LogP contribution in [0.15, 0.2) is 23.6 Å². The SMILES string of the molecule is Nc1nc(C2CCCN2c2ccc(NC(=O)O)cc2F)cs1. The number of thiazole rings is 1. The van der Waals surface area contributed by atoms with E-state index in [2.05, 4.69) is 10.3 Å². The third-order valence-corrected chi connectivity index (χ3v) is 4.33. The van der Waals surface area contributed by atoms with Gasteiger partial charge in [0.15, 0.2) is 5.13 Å². The number of rotatable bonds is 3.